The first-order valence-corrected chi connectivity index (χ1v) is 8.26. The Labute approximate surface area is 147 Å². The van der Waals surface area contributed by atoms with Crippen molar-refractivity contribution in [2.45, 2.75) is 33.3 Å². The third-order valence-corrected chi connectivity index (χ3v) is 3.19. The quantitative estimate of drug-likeness (QED) is 0.556. The molecule has 0 N–H and O–H groups in total. The molecular formula is C20H22O5. The molecule has 0 aromatic heterocycles. The summed E-state index contributed by atoms with van der Waals surface area (Å²) in [6.07, 6.45) is 0.616. The lowest BCUT2D eigenvalue weighted by Crippen LogP contribution is -2.13. The third kappa shape index (κ3) is 5.35. The van der Waals surface area contributed by atoms with Crippen molar-refractivity contribution >= 4 is 11.9 Å². The van der Waals surface area contributed by atoms with Crippen LogP contribution in [0.3, 0.4) is 0 Å². The monoisotopic (exact) mass is 342 g/mol. The zero-order chi connectivity index (χ0) is 18.2. The fourth-order valence-electron chi connectivity index (χ4n) is 2.10. The van der Waals surface area contributed by atoms with Crippen molar-refractivity contribution in [1.29, 1.82) is 0 Å². The van der Waals surface area contributed by atoms with E-state index >= 15 is 0 Å². The van der Waals surface area contributed by atoms with Gasteiger partial charge in [0.2, 0.25) is 0 Å². The number of ether oxygens (including phenoxy) is 3. The highest BCUT2D eigenvalue weighted by atomic mass is 16.5. The van der Waals surface area contributed by atoms with Crippen molar-refractivity contribution in [2.75, 3.05) is 6.61 Å². The van der Waals surface area contributed by atoms with Crippen LogP contribution < -0.4 is 9.47 Å². The molecule has 5 heteroatoms. The number of hydrogen-bond acceptors (Lipinski definition) is 5. The van der Waals surface area contributed by atoms with Crippen LogP contribution in [0.25, 0.3) is 0 Å². The summed E-state index contributed by atoms with van der Waals surface area (Å²) in [6.45, 7) is 6.05. The van der Waals surface area contributed by atoms with E-state index in [9.17, 15) is 9.59 Å². The van der Waals surface area contributed by atoms with Gasteiger partial charge in [-0.3, -0.25) is 0 Å². The molecule has 0 amide bonds. The molecule has 0 heterocycles. The summed E-state index contributed by atoms with van der Waals surface area (Å²) in [5.41, 5.74) is 0.667. The van der Waals surface area contributed by atoms with E-state index in [4.69, 9.17) is 14.2 Å². The average Bonchev–Trinajstić information content (AvgIpc) is 2.59. The first-order chi connectivity index (χ1) is 12.0. The van der Waals surface area contributed by atoms with Crippen LogP contribution in [0.5, 0.6) is 11.5 Å². The Hall–Kier alpha value is -2.82. The summed E-state index contributed by atoms with van der Waals surface area (Å²) >= 11 is 0. The van der Waals surface area contributed by atoms with Gasteiger partial charge in [0.15, 0.2) is 0 Å². The zero-order valence-electron chi connectivity index (χ0n) is 14.7. The van der Waals surface area contributed by atoms with Gasteiger partial charge in [0.1, 0.15) is 17.1 Å². The van der Waals surface area contributed by atoms with E-state index in [0.29, 0.717) is 23.5 Å². The smallest absolute Gasteiger partial charge is 0.347 e. The van der Waals surface area contributed by atoms with Gasteiger partial charge in [-0.1, -0.05) is 25.1 Å². The van der Waals surface area contributed by atoms with Gasteiger partial charge in [-0.25, -0.2) is 9.59 Å². The lowest BCUT2D eigenvalue weighted by atomic mass is 10.2. The number of carbonyl (C=O) groups excluding carboxylic acids is 2. The highest BCUT2D eigenvalue weighted by Crippen LogP contribution is 2.22. The highest BCUT2D eigenvalue weighted by Gasteiger charge is 2.16. The van der Waals surface area contributed by atoms with Gasteiger partial charge in [-0.15, -0.1) is 0 Å². The molecule has 0 unspecified atom stereocenters. The Kier molecular flexibility index (Phi) is 6.57. The number of benzene rings is 2. The van der Waals surface area contributed by atoms with E-state index in [1.54, 1.807) is 56.3 Å². The molecule has 2 aromatic carbocycles. The van der Waals surface area contributed by atoms with Crippen LogP contribution in [0, 0.1) is 0 Å². The molecule has 0 aliphatic heterocycles. The van der Waals surface area contributed by atoms with Crippen molar-refractivity contribution in [1.82, 2.24) is 0 Å². The van der Waals surface area contributed by atoms with Crippen molar-refractivity contribution in [3.8, 4) is 11.5 Å². The van der Waals surface area contributed by atoms with E-state index < -0.39 is 11.9 Å². The van der Waals surface area contributed by atoms with Gasteiger partial charge < -0.3 is 14.2 Å². The van der Waals surface area contributed by atoms with Crippen LogP contribution in [-0.2, 0) is 4.74 Å². The molecule has 0 radical (unpaired) electrons. The minimum atomic E-state index is -0.541. The fraction of sp³-hybridized carbons (Fsp3) is 0.300. The summed E-state index contributed by atoms with van der Waals surface area (Å²) < 4.78 is 16.1. The van der Waals surface area contributed by atoms with Crippen LogP contribution in [0.15, 0.2) is 48.5 Å². The molecule has 0 spiro atoms. The normalized spacial score (nSPS) is 10.4. The standard InChI is InChI=1S/C20H22O5/c1-4-12-23-18-11-6-5-10-17(18)20(22)25-16-9-7-8-15(13-16)19(21)24-14(2)3/h5-11,13-14H,4,12H2,1-3H3. The second-order valence-electron chi connectivity index (χ2n) is 5.72. The molecule has 2 aromatic rings. The van der Waals surface area contributed by atoms with Gasteiger partial charge in [0.25, 0.3) is 0 Å². The maximum atomic E-state index is 12.4. The van der Waals surface area contributed by atoms with Gasteiger partial charge in [0.05, 0.1) is 18.3 Å². The molecule has 0 bridgehead atoms. The predicted octanol–water partition coefficient (Wildman–Crippen LogP) is 4.26. The van der Waals surface area contributed by atoms with E-state index in [2.05, 4.69) is 0 Å². The summed E-state index contributed by atoms with van der Waals surface area (Å²) in [5, 5.41) is 0. The Morgan fingerprint density at radius 1 is 1.00 bits per heavy atom. The molecule has 0 atom stereocenters. The first-order valence-electron chi connectivity index (χ1n) is 8.26. The molecule has 0 saturated heterocycles. The lowest BCUT2D eigenvalue weighted by molar-refractivity contribution is 0.0376. The molecule has 2 rings (SSSR count). The Bertz CT molecular complexity index is 736. The highest BCUT2D eigenvalue weighted by molar-refractivity contribution is 5.94. The zero-order valence-corrected chi connectivity index (χ0v) is 14.7. The van der Waals surface area contributed by atoms with Crippen LogP contribution in [0.4, 0.5) is 0 Å². The van der Waals surface area contributed by atoms with Crippen molar-refractivity contribution in [3.05, 3.63) is 59.7 Å². The van der Waals surface area contributed by atoms with Gasteiger partial charge in [-0.05, 0) is 50.6 Å². The Morgan fingerprint density at radius 2 is 1.76 bits per heavy atom. The summed E-state index contributed by atoms with van der Waals surface area (Å²) in [7, 11) is 0. The SMILES string of the molecule is CCCOc1ccccc1C(=O)Oc1cccc(C(=O)OC(C)C)c1. The maximum absolute atomic E-state index is 12.4. The molecule has 0 aliphatic rings. The summed E-state index contributed by atoms with van der Waals surface area (Å²) in [6, 6.07) is 13.3. The Morgan fingerprint density at radius 3 is 2.48 bits per heavy atom. The van der Waals surface area contributed by atoms with E-state index in [1.165, 1.54) is 6.07 Å². The number of esters is 2. The fourth-order valence-corrected chi connectivity index (χ4v) is 2.10. The first kappa shape index (κ1) is 18.5. The van der Waals surface area contributed by atoms with Crippen molar-refractivity contribution < 1.29 is 23.8 Å². The second-order valence-corrected chi connectivity index (χ2v) is 5.72. The predicted molar refractivity (Wildman–Crippen MR) is 94.2 cm³/mol. The molecule has 25 heavy (non-hydrogen) atoms. The summed E-state index contributed by atoms with van der Waals surface area (Å²) in [5.74, 6) is -0.251. The Balaban J connectivity index is 2.15. The molecule has 0 saturated carbocycles. The maximum Gasteiger partial charge on any atom is 0.347 e. The topological polar surface area (TPSA) is 61.8 Å². The van der Waals surface area contributed by atoms with E-state index in [0.717, 1.165) is 6.42 Å². The van der Waals surface area contributed by atoms with Crippen LogP contribution in [0.2, 0.25) is 0 Å². The number of para-hydroxylation sites is 1. The molecule has 132 valence electrons. The number of rotatable bonds is 7. The van der Waals surface area contributed by atoms with E-state index in [-0.39, 0.29) is 11.9 Å². The third-order valence-electron chi connectivity index (χ3n) is 3.19. The molecule has 5 nitrogen and oxygen atoms in total. The lowest BCUT2D eigenvalue weighted by Gasteiger charge is -2.11. The summed E-state index contributed by atoms with van der Waals surface area (Å²) in [4.78, 5) is 24.4. The van der Waals surface area contributed by atoms with Crippen molar-refractivity contribution in [2.24, 2.45) is 0 Å². The largest absolute Gasteiger partial charge is 0.493 e. The minimum Gasteiger partial charge on any atom is -0.493 e. The second kappa shape index (κ2) is 8.87. The van der Waals surface area contributed by atoms with Gasteiger partial charge in [-0.2, -0.15) is 0 Å². The van der Waals surface area contributed by atoms with Crippen molar-refractivity contribution in [3.63, 3.8) is 0 Å². The molecular weight excluding hydrogens is 320 g/mol. The number of hydrogen-bond donors (Lipinski definition) is 0. The average molecular weight is 342 g/mol. The van der Waals surface area contributed by atoms with Crippen LogP contribution >= 0.6 is 0 Å². The molecule has 0 fully saturated rings. The van der Waals surface area contributed by atoms with Gasteiger partial charge in [0, 0.05) is 0 Å². The molecule has 0 aliphatic carbocycles. The van der Waals surface area contributed by atoms with Crippen LogP contribution in [-0.4, -0.2) is 24.6 Å². The minimum absolute atomic E-state index is 0.221. The van der Waals surface area contributed by atoms with Gasteiger partial charge >= 0.3 is 11.9 Å². The number of carbonyl (C=O) groups is 2. The van der Waals surface area contributed by atoms with E-state index in [1.807, 2.05) is 6.92 Å². The van der Waals surface area contributed by atoms with Crippen LogP contribution in [0.1, 0.15) is 47.9 Å².